The van der Waals surface area contributed by atoms with E-state index in [1.54, 1.807) is 19.0 Å². The molecule has 0 aliphatic carbocycles. The average Bonchev–Trinajstić information content (AvgIpc) is 3.15. The van der Waals surface area contributed by atoms with Crippen LogP contribution in [0.3, 0.4) is 0 Å². The van der Waals surface area contributed by atoms with Crippen LogP contribution in [0.4, 0.5) is 9.59 Å². The van der Waals surface area contributed by atoms with E-state index >= 15 is 0 Å². The van der Waals surface area contributed by atoms with E-state index in [1.807, 2.05) is 0 Å². The van der Waals surface area contributed by atoms with Gasteiger partial charge in [-0.1, -0.05) is 127 Å². The molecule has 0 aromatic heterocycles. The third kappa shape index (κ3) is 38.5. The van der Waals surface area contributed by atoms with Gasteiger partial charge in [-0.3, -0.25) is 29.9 Å². The van der Waals surface area contributed by atoms with Crippen LogP contribution in [0.1, 0.15) is 168 Å². The minimum Gasteiger partial charge on any atom is -0.461 e. The molecule has 0 rings (SSSR count). The van der Waals surface area contributed by atoms with Crippen LogP contribution in [-0.4, -0.2) is 74.8 Å². The molecular formula is C45H77N3O8. The number of carbonyl (C=O) groups excluding carboxylic acids is 5. The fourth-order valence-corrected chi connectivity index (χ4v) is 5.54. The monoisotopic (exact) mass is 788 g/mol. The van der Waals surface area contributed by atoms with Gasteiger partial charge in [0.2, 0.25) is 11.8 Å². The second kappa shape index (κ2) is 39.5. The van der Waals surface area contributed by atoms with Gasteiger partial charge in [-0.05, 0) is 91.1 Å². The van der Waals surface area contributed by atoms with Gasteiger partial charge in [-0.2, -0.15) is 0 Å². The summed E-state index contributed by atoms with van der Waals surface area (Å²) in [6.07, 6.45) is 38.3. The van der Waals surface area contributed by atoms with Gasteiger partial charge < -0.3 is 14.2 Å². The normalized spacial score (nSPS) is 12.2. The predicted molar refractivity (Wildman–Crippen MR) is 226 cm³/mol. The first-order valence-electron chi connectivity index (χ1n) is 21.5. The molecule has 0 fully saturated rings. The summed E-state index contributed by atoms with van der Waals surface area (Å²) >= 11 is 0. The molecule has 0 bridgehead atoms. The van der Waals surface area contributed by atoms with Crippen molar-refractivity contribution in [1.82, 2.24) is 15.5 Å². The molecule has 0 aromatic rings. The maximum atomic E-state index is 12.5. The van der Waals surface area contributed by atoms with Crippen molar-refractivity contribution in [3.05, 3.63) is 48.6 Å². The number of rotatable bonds is 35. The number of ether oxygens (including phenoxy) is 3. The molecule has 2 N–H and O–H groups in total. The molecule has 0 aromatic carbocycles. The minimum absolute atomic E-state index is 0.00499. The van der Waals surface area contributed by atoms with Crippen LogP contribution in [0.2, 0.25) is 0 Å². The lowest BCUT2D eigenvalue weighted by Gasteiger charge is -2.19. The Morgan fingerprint density at radius 1 is 0.500 bits per heavy atom. The molecule has 11 nitrogen and oxygen atoms in total. The van der Waals surface area contributed by atoms with E-state index in [0.717, 1.165) is 89.9 Å². The van der Waals surface area contributed by atoms with Gasteiger partial charge >= 0.3 is 18.2 Å². The molecule has 56 heavy (non-hydrogen) atoms. The van der Waals surface area contributed by atoms with Crippen LogP contribution in [-0.2, 0) is 28.6 Å². The van der Waals surface area contributed by atoms with Gasteiger partial charge in [0, 0.05) is 12.8 Å². The molecule has 0 aliphatic heterocycles. The Kier molecular flexibility index (Phi) is 36.9. The zero-order chi connectivity index (χ0) is 41.3. The molecule has 0 aliphatic rings. The quantitative estimate of drug-likeness (QED) is 0.0278. The lowest BCUT2D eigenvalue weighted by Crippen LogP contribution is -2.40. The average molecular weight is 788 g/mol. The van der Waals surface area contributed by atoms with E-state index in [1.165, 1.54) is 38.5 Å². The number of unbranched alkanes of at least 4 members (excludes halogenated alkanes) is 16. The number of esters is 1. The number of allylic oxidation sites excluding steroid dienone is 8. The summed E-state index contributed by atoms with van der Waals surface area (Å²) < 4.78 is 15.5. The lowest BCUT2D eigenvalue weighted by atomic mass is 10.1. The Labute approximate surface area is 339 Å². The summed E-state index contributed by atoms with van der Waals surface area (Å²) in [5, 5.41) is 4.36. The fraction of sp³-hybridized carbons (Fsp3) is 0.711. The third-order valence-electron chi connectivity index (χ3n) is 8.74. The number of hydrogen-bond acceptors (Lipinski definition) is 9. The van der Waals surface area contributed by atoms with Gasteiger partial charge in [0.1, 0.15) is 13.2 Å². The zero-order valence-corrected chi connectivity index (χ0v) is 35.5. The maximum Gasteiger partial charge on any atom is 0.414 e. The second-order valence-corrected chi connectivity index (χ2v) is 14.6. The molecule has 0 saturated carbocycles. The number of nitrogens with one attached hydrogen (secondary N) is 2. The Morgan fingerprint density at radius 3 is 1.34 bits per heavy atom. The van der Waals surface area contributed by atoms with Gasteiger partial charge in [0.05, 0.1) is 6.54 Å². The van der Waals surface area contributed by atoms with Crippen LogP contribution in [0.25, 0.3) is 0 Å². The highest BCUT2D eigenvalue weighted by Crippen LogP contribution is 2.10. The Bertz CT molecular complexity index is 1150. The largest absolute Gasteiger partial charge is 0.461 e. The van der Waals surface area contributed by atoms with Crippen molar-refractivity contribution in [3.8, 4) is 0 Å². The van der Waals surface area contributed by atoms with Gasteiger partial charge in [0.25, 0.3) is 0 Å². The first-order chi connectivity index (χ1) is 27.2. The van der Waals surface area contributed by atoms with E-state index < -0.39 is 49.3 Å². The summed E-state index contributed by atoms with van der Waals surface area (Å²) in [5.41, 5.74) is 0. The summed E-state index contributed by atoms with van der Waals surface area (Å²) in [5.74, 6) is -1.52. The van der Waals surface area contributed by atoms with Crippen LogP contribution in [0.15, 0.2) is 48.6 Å². The molecular weight excluding hydrogens is 711 g/mol. The Morgan fingerprint density at radius 2 is 0.893 bits per heavy atom. The van der Waals surface area contributed by atoms with E-state index in [-0.39, 0.29) is 19.4 Å². The van der Waals surface area contributed by atoms with Crippen molar-refractivity contribution in [3.63, 3.8) is 0 Å². The van der Waals surface area contributed by atoms with Crippen LogP contribution < -0.4 is 10.6 Å². The number of nitrogens with zero attached hydrogens (tertiary/aromatic N) is 1. The Hall–Kier alpha value is -3.73. The standard InChI is InChI=1S/C45H77N3O8/c1-5-7-9-11-13-15-17-19-21-23-25-27-29-31-33-35-41(49)46-44(52)55-39-40(38-54-43(51)37-48(3)4)56-45(53)47-42(50)36-34-32-30-28-26-24-22-20-18-16-14-12-10-8-6-2/h13-16,19-22,40H,5-12,17-18,23-39H2,1-4H3,(H,46,49,52)(H,47,50,53)/b15-13-,16-14-,21-19-,22-20-. The van der Waals surface area contributed by atoms with E-state index in [9.17, 15) is 24.0 Å². The summed E-state index contributed by atoms with van der Waals surface area (Å²) in [4.78, 5) is 63.0. The molecule has 0 radical (unpaired) electrons. The molecule has 320 valence electrons. The summed E-state index contributed by atoms with van der Waals surface area (Å²) in [6.45, 7) is 3.55. The molecule has 1 unspecified atom stereocenters. The number of likely N-dealkylation sites (N-methyl/N-ethyl adjacent to an activating group) is 1. The summed E-state index contributed by atoms with van der Waals surface area (Å²) in [7, 11) is 3.39. The molecule has 11 heteroatoms. The van der Waals surface area contributed by atoms with Crippen LogP contribution in [0.5, 0.6) is 0 Å². The van der Waals surface area contributed by atoms with E-state index in [4.69, 9.17) is 14.2 Å². The van der Waals surface area contributed by atoms with Gasteiger partial charge in [-0.25, -0.2) is 9.59 Å². The number of amides is 4. The van der Waals surface area contributed by atoms with Crippen molar-refractivity contribution in [2.45, 2.75) is 174 Å². The van der Waals surface area contributed by atoms with Crippen molar-refractivity contribution in [1.29, 1.82) is 0 Å². The Balaban J connectivity index is 4.31. The minimum atomic E-state index is -1.19. The lowest BCUT2D eigenvalue weighted by molar-refractivity contribution is -0.148. The van der Waals surface area contributed by atoms with Crippen molar-refractivity contribution >= 4 is 30.0 Å². The van der Waals surface area contributed by atoms with E-state index in [0.29, 0.717) is 12.8 Å². The molecule has 0 saturated heterocycles. The molecule has 1 atom stereocenters. The van der Waals surface area contributed by atoms with Crippen LogP contribution in [0, 0.1) is 0 Å². The highest BCUT2D eigenvalue weighted by Gasteiger charge is 2.21. The SMILES string of the molecule is CCCCC/C=C\C/C=C\CCCCCCCC(=O)NC(=O)OCC(COC(=O)CN(C)C)OC(=O)NC(=O)CCCCCCC/C=C\C/C=C\CCCCC. The van der Waals surface area contributed by atoms with Crippen molar-refractivity contribution < 1.29 is 38.2 Å². The van der Waals surface area contributed by atoms with Crippen molar-refractivity contribution in [2.75, 3.05) is 33.9 Å². The molecule has 0 spiro atoms. The fourth-order valence-electron chi connectivity index (χ4n) is 5.54. The highest BCUT2D eigenvalue weighted by molar-refractivity contribution is 5.92. The van der Waals surface area contributed by atoms with E-state index in [2.05, 4.69) is 73.1 Å². The summed E-state index contributed by atoms with van der Waals surface area (Å²) in [6, 6.07) is 0. The zero-order valence-electron chi connectivity index (χ0n) is 35.5. The third-order valence-corrected chi connectivity index (χ3v) is 8.74. The number of carbonyl (C=O) groups is 5. The highest BCUT2D eigenvalue weighted by atomic mass is 16.6. The number of alkyl carbamates (subject to hydrolysis) is 2. The van der Waals surface area contributed by atoms with Gasteiger partial charge in [0.15, 0.2) is 6.10 Å². The predicted octanol–water partition coefficient (Wildman–Crippen LogP) is 10.6. The van der Waals surface area contributed by atoms with Gasteiger partial charge in [-0.15, -0.1) is 0 Å². The van der Waals surface area contributed by atoms with Crippen molar-refractivity contribution in [2.24, 2.45) is 0 Å². The first-order valence-corrected chi connectivity index (χ1v) is 21.5. The second-order valence-electron chi connectivity index (χ2n) is 14.6. The number of imide groups is 2. The molecule has 0 heterocycles. The first kappa shape index (κ1) is 52.3. The topological polar surface area (TPSA) is 140 Å². The van der Waals surface area contributed by atoms with Crippen LogP contribution >= 0.6 is 0 Å². The maximum absolute atomic E-state index is 12.5. The molecule has 4 amide bonds. The number of hydrogen-bond donors (Lipinski definition) is 2. The smallest absolute Gasteiger partial charge is 0.414 e.